The van der Waals surface area contributed by atoms with Crippen LogP contribution in [0.5, 0.6) is 11.5 Å². The fourth-order valence-electron chi connectivity index (χ4n) is 1.28. The van der Waals surface area contributed by atoms with Gasteiger partial charge in [-0.05, 0) is 19.0 Å². The fraction of sp³-hybridized carbons (Fsp3) is 0.400. The first-order valence-corrected chi connectivity index (χ1v) is 5.04. The number of nitrogens with zero attached hydrogens (tertiary/aromatic N) is 1. The summed E-state index contributed by atoms with van der Waals surface area (Å²) in [7, 11) is 0. The highest BCUT2D eigenvalue weighted by Gasteiger charge is 2.18. The molecule has 7 nitrogen and oxygen atoms in total. The van der Waals surface area contributed by atoms with E-state index in [-0.39, 0.29) is 22.7 Å². The lowest BCUT2D eigenvalue weighted by Crippen LogP contribution is -2.06. The molecule has 0 heterocycles. The largest absolute Gasteiger partial charge is 0.504 e. The predicted octanol–water partition coefficient (Wildman–Crippen LogP) is 0.520. The molecule has 1 aromatic rings. The molecule has 17 heavy (non-hydrogen) atoms. The molecule has 0 spiro atoms. The number of rotatable bonds is 6. The highest BCUT2D eigenvalue weighted by molar-refractivity contribution is 5.53. The van der Waals surface area contributed by atoms with Gasteiger partial charge in [-0.2, -0.15) is 0 Å². The summed E-state index contributed by atoms with van der Waals surface area (Å²) in [6.45, 7) is 0.247. The first-order valence-electron chi connectivity index (χ1n) is 5.04. The van der Waals surface area contributed by atoms with E-state index in [0.29, 0.717) is 19.6 Å². The Morgan fingerprint density at radius 2 is 2.18 bits per heavy atom. The summed E-state index contributed by atoms with van der Waals surface area (Å²) in [4.78, 5) is 9.96. The Balaban J connectivity index is 2.96. The monoisotopic (exact) mass is 242 g/mol. The number of phenols is 1. The van der Waals surface area contributed by atoms with Crippen LogP contribution in [0.25, 0.3) is 0 Å². The van der Waals surface area contributed by atoms with Gasteiger partial charge in [-0.25, -0.2) is 0 Å². The highest BCUT2D eigenvalue weighted by Crippen LogP contribution is 2.33. The molecule has 1 rings (SSSR count). The fourth-order valence-corrected chi connectivity index (χ4v) is 1.28. The Labute approximate surface area is 97.6 Å². The van der Waals surface area contributed by atoms with Gasteiger partial charge in [0.25, 0.3) is 5.69 Å². The van der Waals surface area contributed by atoms with E-state index in [1.807, 2.05) is 0 Å². The number of hydrogen-bond donors (Lipinski definition) is 3. The maximum atomic E-state index is 10.6. The summed E-state index contributed by atoms with van der Waals surface area (Å²) in [6, 6.07) is 2.22. The van der Waals surface area contributed by atoms with Gasteiger partial charge in [-0.15, -0.1) is 0 Å². The molecule has 7 heteroatoms. The number of aliphatic hydroxyl groups excluding tert-OH is 1. The minimum absolute atomic E-state index is 0.0931. The zero-order valence-electron chi connectivity index (χ0n) is 9.13. The van der Waals surface area contributed by atoms with Gasteiger partial charge in [-0.3, -0.25) is 10.1 Å². The Morgan fingerprint density at radius 3 is 2.71 bits per heavy atom. The maximum absolute atomic E-state index is 10.6. The molecular weight excluding hydrogens is 228 g/mol. The quantitative estimate of drug-likeness (QED) is 0.380. The topological polar surface area (TPSA) is 119 Å². The third-order valence-corrected chi connectivity index (χ3v) is 2.13. The van der Waals surface area contributed by atoms with Crippen molar-refractivity contribution in [3.05, 3.63) is 27.8 Å². The molecule has 0 amide bonds. The van der Waals surface area contributed by atoms with Crippen LogP contribution in [-0.2, 0) is 6.61 Å². The van der Waals surface area contributed by atoms with E-state index in [1.165, 1.54) is 6.07 Å². The Kier molecular flexibility index (Phi) is 4.68. The van der Waals surface area contributed by atoms with Crippen molar-refractivity contribution < 1.29 is 19.9 Å². The summed E-state index contributed by atoms with van der Waals surface area (Å²) >= 11 is 0. The van der Waals surface area contributed by atoms with Gasteiger partial charge in [-0.1, -0.05) is 0 Å². The Bertz CT molecular complexity index is 408. The van der Waals surface area contributed by atoms with Gasteiger partial charge in [0.1, 0.15) is 0 Å². The summed E-state index contributed by atoms with van der Waals surface area (Å²) < 4.78 is 5.19. The van der Waals surface area contributed by atoms with Crippen molar-refractivity contribution in [3.63, 3.8) is 0 Å². The van der Waals surface area contributed by atoms with Crippen molar-refractivity contribution in [2.24, 2.45) is 5.73 Å². The molecule has 4 N–H and O–H groups in total. The molecular formula is C10H14N2O5. The number of aromatic hydroxyl groups is 1. The molecule has 0 atom stereocenters. The SMILES string of the molecule is NCCCOc1cc(CO)c([N+](=O)[O-])cc1O. The summed E-state index contributed by atoms with van der Waals surface area (Å²) in [5.41, 5.74) is 5.04. The lowest BCUT2D eigenvalue weighted by Gasteiger charge is -2.09. The van der Waals surface area contributed by atoms with Gasteiger partial charge in [0.05, 0.1) is 29.8 Å². The van der Waals surface area contributed by atoms with Crippen LogP contribution in [0.3, 0.4) is 0 Å². The average molecular weight is 242 g/mol. The second-order valence-corrected chi connectivity index (χ2v) is 3.35. The molecule has 0 fully saturated rings. The van der Waals surface area contributed by atoms with Gasteiger partial charge in [0.15, 0.2) is 11.5 Å². The molecule has 1 aromatic carbocycles. The van der Waals surface area contributed by atoms with Crippen LogP contribution in [0.15, 0.2) is 12.1 Å². The van der Waals surface area contributed by atoms with E-state index in [4.69, 9.17) is 15.6 Å². The van der Waals surface area contributed by atoms with Gasteiger partial charge in [0.2, 0.25) is 0 Å². The van der Waals surface area contributed by atoms with Crippen molar-refractivity contribution in [2.45, 2.75) is 13.0 Å². The molecule has 0 unspecified atom stereocenters. The number of benzene rings is 1. The Morgan fingerprint density at radius 1 is 1.47 bits per heavy atom. The number of aliphatic hydroxyl groups is 1. The molecule has 94 valence electrons. The van der Waals surface area contributed by atoms with Gasteiger partial charge in [0, 0.05) is 0 Å². The lowest BCUT2D eigenvalue weighted by molar-refractivity contribution is -0.385. The van der Waals surface area contributed by atoms with Crippen LogP contribution in [0.4, 0.5) is 5.69 Å². The number of nitrogens with two attached hydrogens (primary N) is 1. The maximum Gasteiger partial charge on any atom is 0.278 e. The van der Waals surface area contributed by atoms with Crippen LogP contribution >= 0.6 is 0 Å². The number of nitro benzene ring substituents is 1. The van der Waals surface area contributed by atoms with Crippen molar-refractivity contribution in [1.29, 1.82) is 0 Å². The second-order valence-electron chi connectivity index (χ2n) is 3.35. The van der Waals surface area contributed by atoms with E-state index in [9.17, 15) is 15.2 Å². The van der Waals surface area contributed by atoms with Crippen molar-refractivity contribution >= 4 is 5.69 Å². The van der Waals surface area contributed by atoms with Crippen LogP contribution in [0, 0.1) is 10.1 Å². The Hall–Kier alpha value is -1.86. The molecule has 0 bridgehead atoms. The number of phenolic OH excluding ortho intramolecular Hbond substituents is 1. The average Bonchev–Trinajstić information content (AvgIpc) is 2.30. The highest BCUT2D eigenvalue weighted by atomic mass is 16.6. The predicted molar refractivity (Wildman–Crippen MR) is 59.9 cm³/mol. The van der Waals surface area contributed by atoms with E-state index < -0.39 is 11.5 Å². The van der Waals surface area contributed by atoms with E-state index in [2.05, 4.69) is 0 Å². The third kappa shape index (κ3) is 3.30. The third-order valence-electron chi connectivity index (χ3n) is 2.13. The molecule has 0 radical (unpaired) electrons. The van der Waals surface area contributed by atoms with Crippen LogP contribution in [0.2, 0.25) is 0 Å². The minimum atomic E-state index is -0.672. The summed E-state index contributed by atoms with van der Waals surface area (Å²) in [6.07, 6.45) is 0.602. The first kappa shape index (κ1) is 13.2. The van der Waals surface area contributed by atoms with Crippen molar-refractivity contribution in [2.75, 3.05) is 13.2 Å². The zero-order chi connectivity index (χ0) is 12.8. The van der Waals surface area contributed by atoms with E-state index >= 15 is 0 Å². The lowest BCUT2D eigenvalue weighted by atomic mass is 10.1. The van der Waals surface area contributed by atoms with Gasteiger partial charge >= 0.3 is 0 Å². The number of ether oxygens (including phenoxy) is 1. The van der Waals surface area contributed by atoms with Crippen LogP contribution in [-0.4, -0.2) is 28.3 Å². The normalized spacial score (nSPS) is 10.2. The van der Waals surface area contributed by atoms with Gasteiger partial charge < -0.3 is 20.7 Å². The van der Waals surface area contributed by atoms with Crippen LogP contribution in [0.1, 0.15) is 12.0 Å². The van der Waals surface area contributed by atoms with Crippen molar-refractivity contribution in [1.82, 2.24) is 0 Å². The molecule has 0 saturated carbocycles. The molecule has 0 aliphatic carbocycles. The molecule has 0 aromatic heterocycles. The smallest absolute Gasteiger partial charge is 0.278 e. The zero-order valence-corrected chi connectivity index (χ0v) is 9.13. The van der Waals surface area contributed by atoms with Crippen LogP contribution < -0.4 is 10.5 Å². The number of nitro groups is 1. The minimum Gasteiger partial charge on any atom is -0.504 e. The molecule has 0 aliphatic heterocycles. The van der Waals surface area contributed by atoms with E-state index in [1.54, 1.807) is 0 Å². The van der Waals surface area contributed by atoms with Crippen molar-refractivity contribution in [3.8, 4) is 11.5 Å². The molecule has 0 saturated heterocycles. The number of hydrogen-bond acceptors (Lipinski definition) is 6. The molecule has 0 aliphatic rings. The summed E-state index contributed by atoms with van der Waals surface area (Å²) in [5.74, 6) is -0.223. The summed E-state index contributed by atoms with van der Waals surface area (Å²) in [5, 5.41) is 29.1. The second kappa shape index (κ2) is 6.02. The first-order chi connectivity index (χ1) is 8.10. The standard InChI is InChI=1S/C10H14N2O5/c11-2-1-3-17-10-4-7(6-13)8(12(15)16)5-9(10)14/h4-5,13-14H,1-3,6,11H2. The van der Waals surface area contributed by atoms with E-state index in [0.717, 1.165) is 6.07 Å².